The molecule has 7 heteroatoms. The van der Waals surface area contributed by atoms with Crippen molar-refractivity contribution in [1.82, 2.24) is 10.3 Å². The zero-order valence-electron chi connectivity index (χ0n) is 16.6. The van der Waals surface area contributed by atoms with E-state index in [9.17, 15) is 14.7 Å². The van der Waals surface area contributed by atoms with Gasteiger partial charge in [0.25, 0.3) is 5.91 Å². The molecule has 3 rings (SSSR count). The molecule has 0 aromatic heterocycles. The number of rotatable bonds is 7. The highest BCUT2D eigenvalue weighted by Gasteiger charge is 2.21. The predicted molar refractivity (Wildman–Crippen MR) is 109 cm³/mol. The minimum atomic E-state index is -1.22. The molecule has 0 atom stereocenters. The van der Waals surface area contributed by atoms with E-state index < -0.39 is 5.97 Å². The van der Waals surface area contributed by atoms with Crippen LogP contribution >= 0.6 is 0 Å². The van der Waals surface area contributed by atoms with Gasteiger partial charge in [-0.1, -0.05) is 54.1 Å². The van der Waals surface area contributed by atoms with Crippen LogP contribution in [-0.4, -0.2) is 55.7 Å². The zero-order chi connectivity index (χ0) is 20.6. The fourth-order valence-corrected chi connectivity index (χ4v) is 3.31. The molecule has 152 valence electrons. The Morgan fingerprint density at radius 3 is 2.38 bits per heavy atom. The van der Waals surface area contributed by atoms with Crippen molar-refractivity contribution in [2.24, 2.45) is 5.10 Å². The molecule has 1 heterocycles. The van der Waals surface area contributed by atoms with Crippen molar-refractivity contribution >= 4 is 18.1 Å². The number of carbonyl (C=O) groups excluding carboxylic acids is 2. The van der Waals surface area contributed by atoms with Crippen LogP contribution in [0.15, 0.2) is 53.6 Å². The third kappa shape index (κ3) is 6.51. The van der Waals surface area contributed by atoms with Crippen LogP contribution in [0.2, 0.25) is 0 Å². The Kier molecular flexibility index (Phi) is 7.10. The molecule has 0 spiro atoms. The minimum absolute atomic E-state index is 0.108. The van der Waals surface area contributed by atoms with Crippen LogP contribution in [0.25, 0.3) is 0 Å². The standard InChI is InChI=1S/C22H26N4O3/c1-17-2-4-19(5-3-17)15-25-10-12-26(13-11-25)16-21(27)24-23-14-18-6-8-20(9-7-18)22(28)29/h2-9,14H,10-13,15-16H2,1H3,(H,24,27)(H,28,29). The monoisotopic (exact) mass is 394 g/mol. The number of hydrogen-bond acceptors (Lipinski definition) is 5. The number of carbonyl (C=O) groups is 2. The highest BCUT2D eigenvalue weighted by molar-refractivity contribution is 5.88. The van der Waals surface area contributed by atoms with Crippen LogP contribution in [0.5, 0.6) is 0 Å². The quantitative estimate of drug-likeness (QED) is 0.476. The van der Waals surface area contributed by atoms with Gasteiger partial charge in [-0.25, -0.2) is 5.43 Å². The Labute approximate surface area is 170 Å². The van der Waals surface area contributed by atoms with Gasteiger partial charge in [-0.15, -0.1) is 0 Å². The molecule has 0 unspecified atom stereocenters. The second kappa shape index (κ2) is 9.95. The maximum absolute atomic E-state index is 12.1. The maximum Gasteiger partial charge on any atom is 0.295 e. The van der Waals surface area contributed by atoms with Crippen molar-refractivity contribution in [1.29, 1.82) is 0 Å². The second-order valence-corrected chi connectivity index (χ2v) is 7.39. The number of amides is 1. The summed E-state index contributed by atoms with van der Waals surface area (Å²) < 4.78 is 0. The van der Waals surface area contributed by atoms with Gasteiger partial charge in [-0.05, 0) is 23.6 Å². The predicted octanol–water partition coefficient (Wildman–Crippen LogP) is -0.791. The van der Waals surface area contributed by atoms with E-state index in [2.05, 4.69) is 46.6 Å². The van der Waals surface area contributed by atoms with Gasteiger partial charge in [0.1, 0.15) is 0 Å². The summed E-state index contributed by atoms with van der Waals surface area (Å²) in [7, 11) is 0. The van der Waals surface area contributed by atoms with E-state index in [0.29, 0.717) is 12.1 Å². The first-order valence-corrected chi connectivity index (χ1v) is 9.74. The van der Waals surface area contributed by atoms with Crippen molar-refractivity contribution in [2.75, 3.05) is 32.7 Å². The SMILES string of the molecule is Cc1ccc(CN2CC[NH+](CC(=O)NN=Cc3ccc(C(=O)[O-])cc3)CC2)cc1. The van der Waals surface area contributed by atoms with Crippen molar-refractivity contribution in [2.45, 2.75) is 13.5 Å². The Morgan fingerprint density at radius 2 is 1.76 bits per heavy atom. The molecule has 1 fully saturated rings. The number of nitrogens with one attached hydrogen (secondary N) is 2. The molecular weight excluding hydrogens is 368 g/mol. The van der Waals surface area contributed by atoms with E-state index in [1.165, 1.54) is 34.4 Å². The number of hydrogen-bond donors (Lipinski definition) is 2. The number of hydrazone groups is 1. The lowest BCUT2D eigenvalue weighted by molar-refractivity contribution is -0.896. The molecule has 1 aliphatic rings. The van der Waals surface area contributed by atoms with Gasteiger partial charge in [0.2, 0.25) is 0 Å². The molecule has 7 nitrogen and oxygen atoms in total. The number of quaternary nitrogens is 1. The van der Waals surface area contributed by atoms with E-state index in [0.717, 1.165) is 32.7 Å². The van der Waals surface area contributed by atoms with E-state index in [1.807, 2.05) is 0 Å². The van der Waals surface area contributed by atoms with Crippen LogP contribution in [-0.2, 0) is 11.3 Å². The summed E-state index contributed by atoms with van der Waals surface area (Å²) in [5.41, 5.74) is 5.94. The summed E-state index contributed by atoms with van der Waals surface area (Å²) in [5, 5.41) is 14.7. The highest BCUT2D eigenvalue weighted by Crippen LogP contribution is 2.07. The molecule has 1 amide bonds. The topological polar surface area (TPSA) is 89.3 Å². The van der Waals surface area contributed by atoms with E-state index in [1.54, 1.807) is 12.1 Å². The molecule has 2 N–H and O–H groups in total. The third-order valence-electron chi connectivity index (χ3n) is 5.05. The Morgan fingerprint density at radius 1 is 1.10 bits per heavy atom. The summed E-state index contributed by atoms with van der Waals surface area (Å²) >= 11 is 0. The number of aromatic carboxylic acids is 1. The summed E-state index contributed by atoms with van der Waals surface area (Å²) in [6.07, 6.45) is 1.49. The Balaban J connectivity index is 1.38. The van der Waals surface area contributed by atoms with Gasteiger partial charge < -0.3 is 14.8 Å². The summed E-state index contributed by atoms with van der Waals surface area (Å²) in [6.45, 7) is 7.20. The lowest BCUT2D eigenvalue weighted by Crippen LogP contribution is -3.15. The molecule has 1 saturated heterocycles. The number of piperazine rings is 1. The van der Waals surface area contributed by atoms with Crippen LogP contribution in [0.1, 0.15) is 27.0 Å². The van der Waals surface area contributed by atoms with E-state index in [-0.39, 0.29) is 11.5 Å². The average molecular weight is 394 g/mol. The summed E-state index contributed by atoms with van der Waals surface area (Å²) in [4.78, 5) is 26.5. The average Bonchev–Trinajstić information content (AvgIpc) is 2.71. The first-order chi connectivity index (χ1) is 14.0. The lowest BCUT2D eigenvalue weighted by atomic mass is 10.1. The van der Waals surface area contributed by atoms with Crippen LogP contribution in [0, 0.1) is 6.92 Å². The van der Waals surface area contributed by atoms with E-state index >= 15 is 0 Å². The molecule has 2 aromatic rings. The van der Waals surface area contributed by atoms with Gasteiger partial charge in [-0.3, -0.25) is 9.69 Å². The van der Waals surface area contributed by atoms with Crippen molar-refractivity contribution < 1.29 is 19.6 Å². The van der Waals surface area contributed by atoms with Crippen LogP contribution < -0.4 is 15.4 Å². The van der Waals surface area contributed by atoms with Gasteiger partial charge >= 0.3 is 0 Å². The molecule has 0 radical (unpaired) electrons. The fourth-order valence-electron chi connectivity index (χ4n) is 3.31. The smallest absolute Gasteiger partial charge is 0.295 e. The number of carboxylic acids is 1. The van der Waals surface area contributed by atoms with E-state index in [4.69, 9.17) is 0 Å². The highest BCUT2D eigenvalue weighted by atomic mass is 16.4. The number of nitrogens with zero attached hydrogens (tertiary/aromatic N) is 2. The maximum atomic E-state index is 12.1. The fraction of sp³-hybridized carbons (Fsp3) is 0.318. The van der Waals surface area contributed by atoms with Gasteiger partial charge in [0.15, 0.2) is 6.54 Å². The molecule has 2 aromatic carbocycles. The van der Waals surface area contributed by atoms with Gasteiger partial charge in [0.05, 0.1) is 25.3 Å². The molecular formula is C22H26N4O3. The Hall–Kier alpha value is -3.03. The first-order valence-electron chi connectivity index (χ1n) is 9.74. The molecule has 29 heavy (non-hydrogen) atoms. The first kappa shape index (κ1) is 20.7. The molecule has 0 aliphatic carbocycles. The van der Waals surface area contributed by atoms with Gasteiger partial charge in [0, 0.05) is 19.6 Å². The summed E-state index contributed by atoms with van der Waals surface area (Å²) in [5.74, 6) is -1.35. The second-order valence-electron chi connectivity index (χ2n) is 7.39. The Bertz CT molecular complexity index is 855. The number of carboxylic acid groups (broad SMARTS) is 1. The van der Waals surface area contributed by atoms with Gasteiger partial charge in [-0.2, -0.15) is 5.10 Å². The zero-order valence-corrected chi connectivity index (χ0v) is 16.6. The molecule has 1 aliphatic heterocycles. The lowest BCUT2D eigenvalue weighted by Gasteiger charge is -2.31. The summed E-state index contributed by atoms with van der Waals surface area (Å²) in [6, 6.07) is 14.7. The van der Waals surface area contributed by atoms with Crippen LogP contribution in [0.3, 0.4) is 0 Å². The number of benzene rings is 2. The van der Waals surface area contributed by atoms with Crippen LogP contribution in [0.4, 0.5) is 0 Å². The molecule has 0 saturated carbocycles. The molecule has 0 bridgehead atoms. The largest absolute Gasteiger partial charge is 0.545 e. The van der Waals surface area contributed by atoms with Crippen molar-refractivity contribution in [3.63, 3.8) is 0 Å². The normalized spacial score (nSPS) is 15.5. The van der Waals surface area contributed by atoms with Crippen molar-refractivity contribution in [3.05, 3.63) is 70.8 Å². The van der Waals surface area contributed by atoms with Crippen molar-refractivity contribution in [3.8, 4) is 0 Å². The minimum Gasteiger partial charge on any atom is -0.545 e. The third-order valence-corrected chi connectivity index (χ3v) is 5.05. The number of aryl methyl sites for hydroxylation is 1.